The molecule has 0 bridgehead atoms. The van der Waals surface area contributed by atoms with Crippen LogP contribution in [-0.2, 0) is 6.54 Å². The maximum absolute atomic E-state index is 5.95. The average Bonchev–Trinajstić information content (AvgIpc) is 2.56. The lowest BCUT2D eigenvalue weighted by atomic mass is 10.4. The van der Waals surface area contributed by atoms with Crippen LogP contribution in [0.3, 0.4) is 0 Å². The first kappa shape index (κ1) is 13.0. The molecule has 1 rings (SSSR count). The van der Waals surface area contributed by atoms with E-state index in [9.17, 15) is 0 Å². The van der Waals surface area contributed by atoms with Crippen molar-refractivity contribution >= 4 is 23.3 Å². The lowest BCUT2D eigenvalue weighted by Crippen LogP contribution is -2.11. The van der Waals surface area contributed by atoms with Gasteiger partial charge in [-0.3, -0.25) is 0 Å². The molecule has 0 aromatic carbocycles. The number of aryl methyl sites for hydroxylation is 2. The molecule has 0 atom stereocenters. The van der Waals surface area contributed by atoms with Gasteiger partial charge in [-0.15, -0.1) is 6.58 Å². The number of anilines is 2. The molecule has 0 unspecified atom stereocenters. The van der Waals surface area contributed by atoms with Crippen molar-refractivity contribution in [2.45, 2.75) is 20.4 Å². The molecule has 0 aliphatic rings. The second-order valence-corrected chi connectivity index (χ2v) is 4.60. The van der Waals surface area contributed by atoms with Crippen molar-refractivity contribution in [3.63, 3.8) is 0 Å². The third kappa shape index (κ3) is 3.20. The predicted molar refractivity (Wildman–Crippen MR) is 73.1 cm³/mol. The number of rotatable bonds is 7. The molecule has 16 heavy (non-hydrogen) atoms. The molecule has 90 valence electrons. The number of nitrogens with one attached hydrogen (secondary N) is 1. The molecule has 0 fully saturated rings. The Labute approximate surface area is 101 Å². The van der Waals surface area contributed by atoms with Gasteiger partial charge in [0, 0.05) is 24.6 Å². The first-order valence-corrected chi connectivity index (χ1v) is 6.61. The first-order valence-electron chi connectivity index (χ1n) is 5.46. The Balaban J connectivity index is 2.49. The van der Waals surface area contributed by atoms with Gasteiger partial charge in [0.2, 0.25) is 0 Å². The fourth-order valence-corrected chi connectivity index (χ4v) is 2.00. The minimum absolute atomic E-state index is 0.760. The summed E-state index contributed by atoms with van der Waals surface area (Å²) in [5, 5.41) is 7.68. The number of thioether (sulfide) groups is 1. The summed E-state index contributed by atoms with van der Waals surface area (Å²) in [6.45, 7) is 9.40. The Hall–Kier alpha value is -1.10. The third-order valence-electron chi connectivity index (χ3n) is 2.25. The molecule has 0 spiro atoms. The van der Waals surface area contributed by atoms with E-state index in [2.05, 4.69) is 23.9 Å². The van der Waals surface area contributed by atoms with Crippen LogP contribution in [0.5, 0.6) is 0 Å². The normalized spacial score (nSPS) is 10.4. The zero-order valence-corrected chi connectivity index (χ0v) is 10.8. The van der Waals surface area contributed by atoms with Crippen molar-refractivity contribution in [1.82, 2.24) is 9.78 Å². The third-order valence-corrected chi connectivity index (χ3v) is 3.21. The van der Waals surface area contributed by atoms with Crippen LogP contribution in [0, 0.1) is 6.92 Å². The first-order chi connectivity index (χ1) is 7.70. The highest BCUT2D eigenvalue weighted by Crippen LogP contribution is 2.21. The number of nitrogens with two attached hydrogens (primary N) is 1. The van der Waals surface area contributed by atoms with Crippen LogP contribution in [-0.4, -0.2) is 27.8 Å². The van der Waals surface area contributed by atoms with E-state index in [0.717, 1.165) is 41.8 Å². The van der Waals surface area contributed by atoms with Crippen molar-refractivity contribution in [1.29, 1.82) is 0 Å². The van der Waals surface area contributed by atoms with Crippen molar-refractivity contribution in [3.8, 4) is 0 Å². The SMILES string of the molecule is C=CCSCCNc1c(N)c(C)nn1CC. The maximum atomic E-state index is 5.95. The Bertz CT molecular complexity index is 346. The highest BCUT2D eigenvalue weighted by molar-refractivity contribution is 7.99. The van der Waals surface area contributed by atoms with E-state index in [1.165, 1.54) is 0 Å². The van der Waals surface area contributed by atoms with Crippen LogP contribution < -0.4 is 11.1 Å². The second-order valence-electron chi connectivity index (χ2n) is 3.45. The fourth-order valence-electron chi connectivity index (χ4n) is 1.42. The quantitative estimate of drug-likeness (QED) is 0.566. The smallest absolute Gasteiger partial charge is 0.148 e. The highest BCUT2D eigenvalue weighted by Gasteiger charge is 2.09. The molecule has 0 amide bonds. The topological polar surface area (TPSA) is 55.9 Å². The monoisotopic (exact) mass is 240 g/mol. The minimum Gasteiger partial charge on any atom is -0.394 e. The van der Waals surface area contributed by atoms with Crippen LogP contribution in [0.25, 0.3) is 0 Å². The molecule has 0 saturated heterocycles. The molecule has 0 saturated carbocycles. The van der Waals surface area contributed by atoms with Crippen molar-refractivity contribution in [3.05, 3.63) is 18.3 Å². The van der Waals surface area contributed by atoms with E-state index in [-0.39, 0.29) is 0 Å². The summed E-state index contributed by atoms with van der Waals surface area (Å²) in [6, 6.07) is 0. The van der Waals surface area contributed by atoms with E-state index >= 15 is 0 Å². The number of nitrogen functional groups attached to an aromatic ring is 1. The lowest BCUT2D eigenvalue weighted by Gasteiger charge is -2.08. The molecule has 4 nitrogen and oxygen atoms in total. The van der Waals surface area contributed by atoms with E-state index in [4.69, 9.17) is 5.73 Å². The van der Waals surface area contributed by atoms with Crippen LogP contribution in [0.15, 0.2) is 12.7 Å². The number of aromatic nitrogens is 2. The van der Waals surface area contributed by atoms with Gasteiger partial charge in [-0.05, 0) is 13.8 Å². The van der Waals surface area contributed by atoms with Gasteiger partial charge in [-0.1, -0.05) is 6.08 Å². The summed E-state index contributed by atoms with van der Waals surface area (Å²) in [6.07, 6.45) is 1.92. The van der Waals surface area contributed by atoms with E-state index in [1.54, 1.807) is 0 Å². The number of nitrogens with zero attached hydrogens (tertiary/aromatic N) is 2. The minimum atomic E-state index is 0.760. The van der Waals surface area contributed by atoms with Crippen LogP contribution >= 0.6 is 11.8 Å². The van der Waals surface area contributed by atoms with Crippen molar-refractivity contribution < 1.29 is 0 Å². The molecule has 0 radical (unpaired) electrons. The summed E-state index contributed by atoms with van der Waals surface area (Å²) in [4.78, 5) is 0. The Morgan fingerprint density at radius 1 is 1.62 bits per heavy atom. The fraction of sp³-hybridized carbons (Fsp3) is 0.545. The number of hydrogen-bond donors (Lipinski definition) is 2. The molecule has 0 aliphatic heterocycles. The molecule has 5 heteroatoms. The molecule has 3 N–H and O–H groups in total. The Morgan fingerprint density at radius 3 is 3.00 bits per heavy atom. The van der Waals surface area contributed by atoms with E-state index < -0.39 is 0 Å². The van der Waals surface area contributed by atoms with Gasteiger partial charge in [0.25, 0.3) is 0 Å². The summed E-state index contributed by atoms with van der Waals surface area (Å²) in [5.74, 6) is 2.97. The summed E-state index contributed by atoms with van der Waals surface area (Å²) in [5.41, 5.74) is 7.60. The molecule has 0 aliphatic carbocycles. The van der Waals surface area contributed by atoms with Gasteiger partial charge in [0.15, 0.2) is 0 Å². The van der Waals surface area contributed by atoms with Crippen molar-refractivity contribution in [2.75, 3.05) is 29.1 Å². The van der Waals surface area contributed by atoms with E-state index in [1.807, 2.05) is 29.4 Å². The van der Waals surface area contributed by atoms with E-state index in [0.29, 0.717) is 0 Å². The van der Waals surface area contributed by atoms with Crippen LogP contribution in [0.1, 0.15) is 12.6 Å². The molecule has 1 aromatic rings. The average molecular weight is 240 g/mol. The molecular formula is C11H20N4S. The van der Waals surface area contributed by atoms with Gasteiger partial charge in [-0.2, -0.15) is 16.9 Å². The van der Waals surface area contributed by atoms with Crippen LogP contribution in [0.4, 0.5) is 11.5 Å². The molecule has 1 heterocycles. The second kappa shape index (κ2) is 6.48. The largest absolute Gasteiger partial charge is 0.394 e. The maximum Gasteiger partial charge on any atom is 0.148 e. The predicted octanol–water partition coefficient (Wildman–Crippen LogP) is 2.12. The van der Waals surface area contributed by atoms with Crippen LogP contribution in [0.2, 0.25) is 0 Å². The zero-order valence-electron chi connectivity index (χ0n) is 9.99. The van der Waals surface area contributed by atoms with Gasteiger partial charge >= 0.3 is 0 Å². The van der Waals surface area contributed by atoms with Gasteiger partial charge in [-0.25, -0.2) is 4.68 Å². The summed E-state index contributed by atoms with van der Waals surface area (Å²) >= 11 is 1.85. The summed E-state index contributed by atoms with van der Waals surface area (Å²) in [7, 11) is 0. The van der Waals surface area contributed by atoms with Gasteiger partial charge in [0.1, 0.15) is 5.82 Å². The Kier molecular flexibility index (Phi) is 5.25. The Morgan fingerprint density at radius 2 is 2.38 bits per heavy atom. The molecule has 1 aromatic heterocycles. The zero-order chi connectivity index (χ0) is 12.0. The van der Waals surface area contributed by atoms with Crippen molar-refractivity contribution in [2.24, 2.45) is 0 Å². The summed E-state index contributed by atoms with van der Waals surface area (Å²) < 4.78 is 1.91. The number of hydrogen-bond acceptors (Lipinski definition) is 4. The molecular weight excluding hydrogens is 220 g/mol. The standard InChI is InChI=1S/C11H20N4S/c1-4-7-16-8-6-13-11-10(12)9(3)14-15(11)5-2/h4,13H,1,5-8,12H2,2-3H3. The highest BCUT2D eigenvalue weighted by atomic mass is 32.2. The van der Waals surface area contributed by atoms with Gasteiger partial charge in [0.05, 0.1) is 11.4 Å². The lowest BCUT2D eigenvalue weighted by molar-refractivity contribution is 0.658. The van der Waals surface area contributed by atoms with Gasteiger partial charge < -0.3 is 11.1 Å².